The van der Waals surface area contributed by atoms with Gasteiger partial charge < -0.3 is 33.2 Å². The molecule has 0 aromatic heterocycles. The molecule has 3 rings (SSSR count). The normalized spacial score (nSPS) is 10.1. The highest BCUT2D eigenvalue weighted by molar-refractivity contribution is 5.92. The summed E-state index contributed by atoms with van der Waals surface area (Å²) in [6, 6.07) is 18.2. The van der Waals surface area contributed by atoms with Crippen LogP contribution in [0, 0.1) is 6.92 Å². The molecule has 0 unspecified atom stereocenters. The van der Waals surface area contributed by atoms with Crippen molar-refractivity contribution in [1.82, 2.24) is 0 Å². The monoisotopic (exact) mass is 788 g/mol. The van der Waals surface area contributed by atoms with Crippen molar-refractivity contribution in [2.45, 2.75) is 84.5 Å². The Morgan fingerprint density at radius 3 is 1.42 bits per heavy atom. The lowest BCUT2D eigenvalue weighted by atomic mass is 10.2. The molecule has 0 saturated carbocycles. The molecule has 0 aliphatic heterocycles. The highest BCUT2D eigenvalue weighted by atomic mass is 16.5. The van der Waals surface area contributed by atoms with Crippen molar-refractivity contribution in [2.24, 2.45) is 0 Å². The minimum Gasteiger partial charge on any atom is -0.494 e. The minimum atomic E-state index is -0.526. The second-order valence-corrected chi connectivity index (χ2v) is 12.7. The summed E-state index contributed by atoms with van der Waals surface area (Å²) in [6.45, 7) is 13.5. The van der Waals surface area contributed by atoms with Crippen molar-refractivity contribution in [2.75, 3.05) is 33.0 Å². The van der Waals surface area contributed by atoms with E-state index in [1.54, 1.807) is 73.7 Å². The molecule has 0 N–H and O–H groups in total. The molecule has 0 saturated heterocycles. The van der Waals surface area contributed by atoms with E-state index in [4.69, 9.17) is 28.4 Å². The lowest BCUT2D eigenvalue weighted by Crippen LogP contribution is -2.10. The van der Waals surface area contributed by atoms with E-state index in [0.29, 0.717) is 79.2 Å². The first-order valence-electron chi connectivity index (χ1n) is 19.3. The Labute approximate surface area is 336 Å². The van der Waals surface area contributed by atoms with Gasteiger partial charge in [-0.25, -0.2) is 19.2 Å². The molecule has 12 nitrogen and oxygen atoms in total. The van der Waals surface area contributed by atoms with Crippen molar-refractivity contribution < 1.29 is 57.1 Å². The van der Waals surface area contributed by atoms with E-state index in [-0.39, 0.29) is 0 Å². The molecule has 0 amide bonds. The Kier molecular flexibility index (Phi) is 24.4. The first-order valence-corrected chi connectivity index (χ1v) is 19.3. The summed E-state index contributed by atoms with van der Waals surface area (Å²) in [4.78, 5) is 57.0. The van der Waals surface area contributed by atoms with Crippen LogP contribution in [0.15, 0.2) is 92.0 Å². The number of aryl methyl sites for hydroxylation is 1. The third-order valence-electron chi connectivity index (χ3n) is 8.11. The Hall–Kier alpha value is -5.91. The molecule has 0 atom stereocenters. The van der Waals surface area contributed by atoms with Crippen LogP contribution in [0.1, 0.15) is 104 Å². The number of hydrogen-bond donors (Lipinski definition) is 0. The first kappa shape index (κ1) is 47.2. The summed E-state index contributed by atoms with van der Waals surface area (Å²) < 4.78 is 37.0. The maximum absolute atomic E-state index is 12.8. The number of esters is 4. The molecular weight excluding hydrogens is 732 g/mol. The maximum Gasteiger partial charge on any atom is 0.343 e. The van der Waals surface area contributed by atoms with Crippen LogP contribution in [0.5, 0.6) is 23.0 Å². The smallest absolute Gasteiger partial charge is 0.343 e. The summed E-state index contributed by atoms with van der Waals surface area (Å²) >= 11 is 0. The maximum atomic E-state index is 12.8. The highest BCUT2D eigenvalue weighted by Crippen LogP contribution is 2.26. The summed E-state index contributed by atoms with van der Waals surface area (Å²) in [5, 5.41) is 0. The van der Waals surface area contributed by atoms with Crippen molar-refractivity contribution in [3.63, 3.8) is 0 Å². The van der Waals surface area contributed by atoms with E-state index in [0.717, 1.165) is 76.4 Å². The van der Waals surface area contributed by atoms with E-state index < -0.39 is 23.9 Å². The molecule has 12 heteroatoms. The van der Waals surface area contributed by atoms with E-state index in [2.05, 4.69) is 24.8 Å². The zero-order valence-corrected chi connectivity index (χ0v) is 33.2. The van der Waals surface area contributed by atoms with Gasteiger partial charge in [0.1, 0.15) is 23.0 Å². The zero-order chi connectivity index (χ0) is 41.5. The predicted molar refractivity (Wildman–Crippen MR) is 216 cm³/mol. The number of ether oxygens (including phenoxy) is 7. The van der Waals surface area contributed by atoms with Gasteiger partial charge in [-0.3, -0.25) is 4.79 Å². The average molecular weight is 789 g/mol. The fraction of sp³-hybridized carbons (Fsp3) is 0.400. The Morgan fingerprint density at radius 1 is 0.544 bits per heavy atom. The zero-order valence-electron chi connectivity index (χ0n) is 33.2. The number of carbonyl (C=O) groups is 5. The number of unbranched alkanes of at least 4 members (excludes halogenated alkanes) is 8. The largest absolute Gasteiger partial charge is 0.494 e. The van der Waals surface area contributed by atoms with Crippen LogP contribution in [0.4, 0.5) is 0 Å². The molecule has 3 aromatic rings. The van der Waals surface area contributed by atoms with Gasteiger partial charge in [0.15, 0.2) is 0 Å². The van der Waals surface area contributed by atoms with Gasteiger partial charge in [-0.1, -0.05) is 32.9 Å². The third-order valence-corrected chi connectivity index (χ3v) is 8.11. The van der Waals surface area contributed by atoms with Crippen LogP contribution < -0.4 is 18.9 Å². The van der Waals surface area contributed by atoms with Crippen LogP contribution in [0.25, 0.3) is 0 Å². The minimum absolute atomic E-state index is 0.319. The van der Waals surface area contributed by atoms with Crippen LogP contribution in [0.3, 0.4) is 0 Å². The van der Waals surface area contributed by atoms with Gasteiger partial charge in [-0.05, 0) is 137 Å². The third kappa shape index (κ3) is 21.1. The standard InChI is InChI=1S/C39H44O10.C6H12O2/c1-4-36(40)46-26-12-8-6-10-24-44-32-18-14-30(15-19-32)38(42)48-34-22-23-35(29(3)28-34)49-39(43)31-16-20-33(21-17-31)45-25-11-7-9-13-27-47-37(41)5-2;1-2-3-4-5-8-6-7/h4-5,14-23,28H,1-2,6-13,24-27H2,3H3;6H,2-5H2,1H3. The molecule has 0 aliphatic carbocycles. The molecule has 57 heavy (non-hydrogen) atoms. The van der Waals surface area contributed by atoms with Gasteiger partial charge in [0.05, 0.1) is 44.2 Å². The van der Waals surface area contributed by atoms with Gasteiger partial charge in [-0.2, -0.15) is 0 Å². The van der Waals surface area contributed by atoms with Crippen LogP contribution in [0.2, 0.25) is 0 Å². The fourth-order valence-electron chi connectivity index (χ4n) is 4.94. The van der Waals surface area contributed by atoms with Gasteiger partial charge in [0, 0.05) is 12.2 Å². The van der Waals surface area contributed by atoms with Gasteiger partial charge in [-0.15, -0.1) is 0 Å². The summed E-state index contributed by atoms with van der Waals surface area (Å²) in [6.07, 6.45) is 12.6. The van der Waals surface area contributed by atoms with Crippen molar-refractivity contribution in [3.05, 3.63) is 109 Å². The SMILES string of the molecule is C=CC(=O)OCCCCCCOc1ccc(C(=O)Oc2ccc(OC(=O)c3ccc(OCCCCCCOC(=O)C=C)cc3)c(C)c2)cc1.CCCCCOC=O. The molecule has 308 valence electrons. The molecule has 3 aromatic carbocycles. The lowest BCUT2D eigenvalue weighted by molar-refractivity contribution is -0.138. The second kappa shape index (κ2) is 29.4. The summed E-state index contributed by atoms with van der Waals surface area (Å²) in [5.41, 5.74) is 1.36. The lowest BCUT2D eigenvalue weighted by Gasteiger charge is -2.11. The van der Waals surface area contributed by atoms with Crippen molar-refractivity contribution >= 4 is 30.3 Å². The van der Waals surface area contributed by atoms with E-state index >= 15 is 0 Å². The summed E-state index contributed by atoms with van der Waals surface area (Å²) in [5.74, 6) is 0.103. The Morgan fingerprint density at radius 2 is 0.982 bits per heavy atom. The first-order chi connectivity index (χ1) is 27.7. The fourth-order valence-corrected chi connectivity index (χ4v) is 4.94. The van der Waals surface area contributed by atoms with Crippen LogP contribution >= 0.6 is 0 Å². The van der Waals surface area contributed by atoms with Gasteiger partial charge >= 0.3 is 23.9 Å². The Bertz CT molecular complexity index is 1660. The molecule has 0 bridgehead atoms. The molecule has 0 spiro atoms. The van der Waals surface area contributed by atoms with Gasteiger partial charge in [0.25, 0.3) is 6.47 Å². The second-order valence-electron chi connectivity index (χ2n) is 12.7. The topological polar surface area (TPSA) is 150 Å². The number of rotatable bonds is 27. The quantitative estimate of drug-likeness (QED) is 0.0181. The predicted octanol–water partition coefficient (Wildman–Crippen LogP) is 9.12. The molecule has 0 fully saturated rings. The number of hydrogen-bond acceptors (Lipinski definition) is 12. The van der Waals surface area contributed by atoms with E-state index in [1.807, 2.05) is 0 Å². The van der Waals surface area contributed by atoms with Crippen molar-refractivity contribution in [3.8, 4) is 23.0 Å². The molecule has 0 radical (unpaired) electrons. The highest BCUT2D eigenvalue weighted by Gasteiger charge is 2.14. The average Bonchev–Trinajstić information content (AvgIpc) is 3.22. The van der Waals surface area contributed by atoms with E-state index in [9.17, 15) is 24.0 Å². The molecule has 0 aliphatic rings. The molecular formula is C45H56O12. The van der Waals surface area contributed by atoms with Gasteiger partial charge in [0.2, 0.25) is 0 Å². The molecule has 0 heterocycles. The van der Waals surface area contributed by atoms with Crippen molar-refractivity contribution in [1.29, 1.82) is 0 Å². The van der Waals surface area contributed by atoms with Crippen LogP contribution in [-0.4, -0.2) is 63.4 Å². The number of carbonyl (C=O) groups excluding carboxylic acids is 5. The number of benzene rings is 3. The Balaban J connectivity index is 0.00000126. The van der Waals surface area contributed by atoms with Crippen LogP contribution in [-0.2, 0) is 28.6 Å². The van der Waals surface area contributed by atoms with E-state index in [1.165, 1.54) is 6.42 Å². The summed E-state index contributed by atoms with van der Waals surface area (Å²) in [7, 11) is 0.